The quantitative estimate of drug-likeness (QED) is 0.934. The highest BCUT2D eigenvalue weighted by atomic mass is 19.1. The first-order valence-electron chi connectivity index (χ1n) is 8.06. The summed E-state index contributed by atoms with van der Waals surface area (Å²) in [5, 5.41) is 6.50. The van der Waals surface area contributed by atoms with Crippen LogP contribution in [0.4, 0.5) is 15.0 Å². The molecule has 1 fully saturated rings. The van der Waals surface area contributed by atoms with Gasteiger partial charge in [-0.25, -0.2) is 9.18 Å². The van der Waals surface area contributed by atoms with Gasteiger partial charge in [0.1, 0.15) is 11.6 Å². The molecular formula is C17H21FN4O2. The van der Waals surface area contributed by atoms with E-state index in [4.69, 9.17) is 4.52 Å². The zero-order chi connectivity index (χ0) is 16.9. The van der Waals surface area contributed by atoms with E-state index in [1.807, 2.05) is 12.1 Å². The van der Waals surface area contributed by atoms with Crippen molar-refractivity contribution in [2.75, 3.05) is 38.0 Å². The van der Waals surface area contributed by atoms with Crippen LogP contribution in [0.5, 0.6) is 0 Å². The predicted molar refractivity (Wildman–Crippen MR) is 88.4 cm³/mol. The number of aryl methyl sites for hydroxylation is 1. The summed E-state index contributed by atoms with van der Waals surface area (Å²) in [4.78, 5) is 16.3. The minimum atomic E-state index is -0.208. The average Bonchev–Trinajstić information content (AvgIpc) is 2.99. The number of nitrogens with one attached hydrogen (secondary N) is 1. The molecular weight excluding hydrogens is 311 g/mol. The molecule has 0 unspecified atom stereocenters. The first kappa shape index (κ1) is 16.4. The van der Waals surface area contributed by atoms with Crippen LogP contribution in [0.2, 0.25) is 0 Å². The number of carbonyl (C=O) groups excluding carboxylic acids is 1. The van der Waals surface area contributed by atoms with Gasteiger partial charge in [0.15, 0.2) is 5.82 Å². The van der Waals surface area contributed by atoms with Gasteiger partial charge in [-0.3, -0.25) is 10.2 Å². The molecule has 3 rings (SSSR count). The maximum absolute atomic E-state index is 12.9. The van der Waals surface area contributed by atoms with Gasteiger partial charge in [0.05, 0.1) is 0 Å². The highest BCUT2D eigenvalue weighted by Gasteiger charge is 2.21. The number of carbonyl (C=O) groups is 1. The molecule has 0 spiro atoms. The van der Waals surface area contributed by atoms with Gasteiger partial charge in [-0.05, 0) is 31.0 Å². The molecule has 1 N–H and O–H groups in total. The van der Waals surface area contributed by atoms with Crippen molar-refractivity contribution in [3.63, 3.8) is 0 Å². The molecule has 2 heterocycles. The van der Waals surface area contributed by atoms with E-state index >= 15 is 0 Å². The van der Waals surface area contributed by atoms with Gasteiger partial charge in [-0.2, -0.15) is 0 Å². The summed E-state index contributed by atoms with van der Waals surface area (Å²) in [5.41, 5.74) is 1.12. The second-order valence-electron chi connectivity index (χ2n) is 5.96. The summed E-state index contributed by atoms with van der Waals surface area (Å²) in [6.45, 7) is 5.68. The van der Waals surface area contributed by atoms with Crippen LogP contribution in [-0.4, -0.2) is 53.7 Å². The van der Waals surface area contributed by atoms with Crippen molar-refractivity contribution in [1.82, 2.24) is 15.0 Å². The smallest absolute Gasteiger partial charge is 0.323 e. The number of benzene rings is 1. The van der Waals surface area contributed by atoms with E-state index in [2.05, 4.69) is 15.4 Å². The monoisotopic (exact) mass is 332 g/mol. The number of nitrogens with zero attached hydrogens (tertiary/aromatic N) is 3. The number of halogens is 1. The third kappa shape index (κ3) is 4.32. The Hall–Kier alpha value is -2.41. The van der Waals surface area contributed by atoms with E-state index in [0.717, 1.165) is 31.6 Å². The summed E-state index contributed by atoms with van der Waals surface area (Å²) >= 11 is 0. The molecule has 0 saturated carbocycles. The fourth-order valence-corrected chi connectivity index (χ4v) is 2.73. The van der Waals surface area contributed by atoms with Crippen LogP contribution in [0.3, 0.4) is 0 Å². The molecule has 2 aromatic rings. The fourth-order valence-electron chi connectivity index (χ4n) is 2.73. The normalized spacial score (nSPS) is 15.5. The Morgan fingerprint density at radius 1 is 1.25 bits per heavy atom. The summed E-state index contributed by atoms with van der Waals surface area (Å²) in [6.07, 6.45) is 0.880. The molecule has 0 bridgehead atoms. The van der Waals surface area contributed by atoms with Gasteiger partial charge >= 0.3 is 6.03 Å². The Balaban J connectivity index is 1.42. The third-order valence-corrected chi connectivity index (χ3v) is 4.15. The molecule has 128 valence electrons. The Labute approximate surface area is 140 Å². The zero-order valence-corrected chi connectivity index (χ0v) is 13.7. The number of anilines is 1. The number of amides is 2. The first-order chi connectivity index (χ1) is 11.6. The summed E-state index contributed by atoms with van der Waals surface area (Å²) in [7, 11) is 0. The molecule has 7 heteroatoms. The van der Waals surface area contributed by atoms with Crippen LogP contribution in [0, 0.1) is 12.7 Å². The Bertz CT molecular complexity index is 678. The number of piperazine rings is 1. The number of aromatic nitrogens is 1. The predicted octanol–water partition coefficient (Wildman–Crippen LogP) is 2.51. The average molecular weight is 332 g/mol. The van der Waals surface area contributed by atoms with Crippen LogP contribution in [-0.2, 0) is 6.42 Å². The number of rotatable bonds is 4. The van der Waals surface area contributed by atoms with Gasteiger partial charge < -0.3 is 9.42 Å². The molecule has 1 aromatic carbocycles. The molecule has 1 aliphatic rings. The van der Waals surface area contributed by atoms with E-state index in [-0.39, 0.29) is 11.8 Å². The van der Waals surface area contributed by atoms with Crippen LogP contribution < -0.4 is 5.32 Å². The van der Waals surface area contributed by atoms with Crippen molar-refractivity contribution in [1.29, 1.82) is 0 Å². The molecule has 1 saturated heterocycles. The number of hydrogen-bond acceptors (Lipinski definition) is 4. The van der Waals surface area contributed by atoms with Gasteiger partial charge in [-0.1, -0.05) is 17.3 Å². The molecule has 24 heavy (non-hydrogen) atoms. The van der Waals surface area contributed by atoms with Gasteiger partial charge in [-0.15, -0.1) is 0 Å². The summed E-state index contributed by atoms with van der Waals surface area (Å²) in [5.74, 6) is 0.896. The molecule has 1 aliphatic heterocycles. The Kier molecular flexibility index (Phi) is 5.10. The molecule has 2 amide bonds. The van der Waals surface area contributed by atoms with E-state index in [1.165, 1.54) is 12.1 Å². The number of urea groups is 1. The van der Waals surface area contributed by atoms with Gasteiger partial charge in [0.2, 0.25) is 0 Å². The van der Waals surface area contributed by atoms with Crippen LogP contribution in [0.25, 0.3) is 0 Å². The van der Waals surface area contributed by atoms with Crippen molar-refractivity contribution in [2.24, 2.45) is 0 Å². The van der Waals surface area contributed by atoms with Crippen molar-refractivity contribution >= 4 is 11.8 Å². The highest BCUT2D eigenvalue weighted by Crippen LogP contribution is 2.10. The molecule has 0 atom stereocenters. The Morgan fingerprint density at radius 2 is 1.96 bits per heavy atom. The van der Waals surface area contributed by atoms with E-state index in [9.17, 15) is 9.18 Å². The number of hydrogen-bond donors (Lipinski definition) is 1. The zero-order valence-electron chi connectivity index (χ0n) is 13.7. The van der Waals surface area contributed by atoms with Crippen molar-refractivity contribution < 1.29 is 13.7 Å². The minimum absolute atomic E-state index is 0.151. The van der Waals surface area contributed by atoms with E-state index in [1.54, 1.807) is 17.9 Å². The molecule has 0 radical (unpaired) electrons. The highest BCUT2D eigenvalue weighted by molar-refractivity contribution is 5.88. The van der Waals surface area contributed by atoms with Gasteiger partial charge in [0, 0.05) is 38.8 Å². The van der Waals surface area contributed by atoms with Crippen LogP contribution in [0.15, 0.2) is 34.9 Å². The van der Waals surface area contributed by atoms with Crippen molar-refractivity contribution in [3.05, 3.63) is 47.5 Å². The lowest BCUT2D eigenvalue weighted by atomic mass is 10.1. The second-order valence-corrected chi connectivity index (χ2v) is 5.96. The standard InChI is InChI=1S/C17H21FN4O2/c1-13-12-16(20-24-13)19-17(23)22-10-8-21(9-11-22)7-6-14-2-4-15(18)5-3-14/h2-5,12H,6-11H2,1H3,(H,19,20,23). The van der Waals surface area contributed by atoms with E-state index < -0.39 is 0 Å². The summed E-state index contributed by atoms with van der Waals surface area (Å²) < 4.78 is 17.8. The molecule has 1 aromatic heterocycles. The molecule has 0 aliphatic carbocycles. The van der Waals surface area contributed by atoms with Crippen LogP contribution >= 0.6 is 0 Å². The van der Waals surface area contributed by atoms with E-state index in [0.29, 0.717) is 24.7 Å². The second kappa shape index (κ2) is 7.44. The minimum Gasteiger partial charge on any atom is -0.360 e. The lowest BCUT2D eigenvalue weighted by Gasteiger charge is -2.34. The first-order valence-corrected chi connectivity index (χ1v) is 8.06. The maximum Gasteiger partial charge on any atom is 0.323 e. The van der Waals surface area contributed by atoms with Gasteiger partial charge in [0.25, 0.3) is 0 Å². The third-order valence-electron chi connectivity index (χ3n) is 4.15. The summed E-state index contributed by atoms with van der Waals surface area (Å²) in [6, 6.07) is 8.16. The SMILES string of the molecule is Cc1cc(NC(=O)N2CCN(CCc3ccc(F)cc3)CC2)no1. The largest absolute Gasteiger partial charge is 0.360 e. The topological polar surface area (TPSA) is 61.6 Å². The lowest BCUT2D eigenvalue weighted by Crippen LogP contribution is -2.50. The van der Waals surface area contributed by atoms with Crippen molar-refractivity contribution in [3.8, 4) is 0 Å². The van der Waals surface area contributed by atoms with Crippen LogP contribution in [0.1, 0.15) is 11.3 Å². The molecule has 6 nitrogen and oxygen atoms in total. The fraction of sp³-hybridized carbons (Fsp3) is 0.412. The lowest BCUT2D eigenvalue weighted by molar-refractivity contribution is 0.148. The maximum atomic E-state index is 12.9. The Morgan fingerprint density at radius 3 is 2.58 bits per heavy atom. The van der Waals surface area contributed by atoms with Crippen molar-refractivity contribution in [2.45, 2.75) is 13.3 Å².